The lowest BCUT2D eigenvalue weighted by Crippen LogP contribution is -2.15. The largest absolute Gasteiger partial charge is 0.488 e. The van der Waals surface area contributed by atoms with Crippen molar-refractivity contribution >= 4 is 23.8 Å². The van der Waals surface area contributed by atoms with E-state index >= 15 is 0 Å². The van der Waals surface area contributed by atoms with Gasteiger partial charge in [0, 0.05) is 11.1 Å². The predicted octanol–water partition coefficient (Wildman–Crippen LogP) is 3.29. The van der Waals surface area contributed by atoms with Crippen LogP contribution in [0.25, 0.3) is 0 Å². The predicted molar refractivity (Wildman–Crippen MR) is 101 cm³/mol. The molecule has 0 bridgehead atoms. The molecule has 0 aliphatic heterocycles. The first-order valence-electron chi connectivity index (χ1n) is 7.92. The van der Waals surface area contributed by atoms with Crippen molar-refractivity contribution in [2.45, 2.75) is 13.5 Å². The molecule has 2 N–H and O–H groups in total. The van der Waals surface area contributed by atoms with Crippen LogP contribution in [0.4, 0.5) is 10.3 Å². The Bertz CT molecular complexity index is 1020. The summed E-state index contributed by atoms with van der Waals surface area (Å²) in [6.07, 6.45) is 1.48. The molecule has 2 aromatic carbocycles. The number of hydrazone groups is 1. The van der Waals surface area contributed by atoms with Gasteiger partial charge in [-0.1, -0.05) is 29.8 Å². The fourth-order valence-electron chi connectivity index (χ4n) is 2.15. The molecule has 1 heterocycles. The van der Waals surface area contributed by atoms with Crippen LogP contribution in [0.2, 0.25) is 5.02 Å². The van der Waals surface area contributed by atoms with Gasteiger partial charge in [0.2, 0.25) is 5.95 Å². The van der Waals surface area contributed by atoms with Gasteiger partial charge >= 0.3 is 0 Å². The van der Waals surface area contributed by atoms with Gasteiger partial charge in [0.25, 0.3) is 5.56 Å². The van der Waals surface area contributed by atoms with Crippen LogP contribution in [0, 0.1) is 12.7 Å². The lowest BCUT2D eigenvalue weighted by atomic mass is 10.2. The number of H-pyrrole nitrogens is 1. The fourth-order valence-corrected chi connectivity index (χ4v) is 2.36. The minimum atomic E-state index is -0.433. The summed E-state index contributed by atoms with van der Waals surface area (Å²) in [5.41, 5.74) is 3.40. The van der Waals surface area contributed by atoms with E-state index in [1.807, 2.05) is 0 Å². The first-order valence-corrected chi connectivity index (χ1v) is 8.30. The zero-order chi connectivity index (χ0) is 19.2. The topological polar surface area (TPSA) is 92.3 Å². The third kappa shape index (κ3) is 4.68. The Kier molecular flexibility index (Phi) is 5.77. The summed E-state index contributed by atoms with van der Waals surface area (Å²) < 4.78 is 19.6. The number of nitrogens with zero attached hydrogens (tertiary/aromatic N) is 3. The minimum Gasteiger partial charge on any atom is -0.488 e. The molecular formula is C18H15ClFN5O2. The lowest BCUT2D eigenvalue weighted by molar-refractivity contribution is 0.299. The number of nitrogens with one attached hydrogen (secondary N) is 2. The van der Waals surface area contributed by atoms with Crippen molar-refractivity contribution in [3.8, 4) is 5.75 Å². The molecule has 3 rings (SSSR count). The Morgan fingerprint density at radius 3 is 2.85 bits per heavy atom. The van der Waals surface area contributed by atoms with Gasteiger partial charge in [-0.2, -0.15) is 5.10 Å². The van der Waals surface area contributed by atoms with Gasteiger partial charge in [0.15, 0.2) is 0 Å². The Morgan fingerprint density at radius 2 is 2.07 bits per heavy atom. The minimum absolute atomic E-state index is 0.0272. The molecule has 9 heteroatoms. The molecule has 0 amide bonds. The standard InChI is InChI=1S/C18H15ClFN5O2/c1-11-17(26)22-18(25-23-11)24-21-9-12-5-2-3-8-16(12)27-10-13-14(19)6-4-7-15(13)20/h2-9H,10H2,1H3,(H2,22,24,25,26). The molecule has 0 spiro atoms. The van der Waals surface area contributed by atoms with Crippen molar-refractivity contribution in [3.63, 3.8) is 0 Å². The quantitative estimate of drug-likeness (QED) is 0.500. The van der Waals surface area contributed by atoms with Crippen LogP contribution in [0.5, 0.6) is 5.75 Å². The van der Waals surface area contributed by atoms with Crippen LogP contribution >= 0.6 is 11.6 Å². The van der Waals surface area contributed by atoms with Crippen LogP contribution in [0.1, 0.15) is 16.8 Å². The SMILES string of the molecule is Cc1nnc(NN=Cc2ccccc2OCc2c(F)cccc2Cl)[nH]c1=O. The smallest absolute Gasteiger partial charge is 0.274 e. The fraction of sp³-hybridized carbons (Fsp3) is 0.111. The molecule has 0 saturated heterocycles. The van der Waals surface area contributed by atoms with E-state index in [1.165, 1.54) is 18.3 Å². The normalized spacial score (nSPS) is 10.9. The Hall–Kier alpha value is -3.26. The molecular weight excluding hydrogens is 373 g/mol. The Balaban J connectivity index is 1.72. The van der Waals surface area contributed by atoms with Gasteiger partial charge in [0.1, 0.15) is 23.9 Å². The number of aromatic amines is 1. The van der Waals surface area contributed by atoms with Gasteiger partial charge in [-0.05, 0) is 31.2 Å². The summed E-state index contributed by atoms with van der Waals surface area (Å²) in [5, 5.41) is 11.8. The molecule has 138 valence electrons. The van der Waals surface area contributed by atoms with Crippen LogP contribution in [0.3, 0.4) is 0 Å². The van der Waals surface area contributed by atoms with Crippen molar-refractivity contribution < 1.29 is 9.13 Å². The van der Waals surface area contributed by atoms with Gasteiger partial charge in [0.05, 0.1) is 11.2 Å². The summed E-state index contributed by atoms with van der Waals surface area (Å²) in [4.78, 5) is 14.0. The maximum absolute atomic E-state index is 13.9. The van der Waals surface area contributed by atoms with E-state index in [1.54, 1.807) is 37.3 Å². The molecule has 1 aromatic heterocycles. The highest BCUT2D eigenvalue weighted by Crippen LogP contribution is 2.23. The van der Waals surface area contributed by atoms with E-state index < -0.39 is 5.82 Å². The number of hydrogen-bond donors (Lipinski definition) is 2. The molecule has 0 atom stereocenters. The number of anilines is 1. The Morgan fingerprint density at radius 1 is 1.26 bits per heavy atom. The van der Waals surface area contributed by atoms with Crippen molar-refractivity contribution in [3.05, 3.63) is 80.5 Å². The van der Waals surface area contributed by atoms with Gasteiger partial charge < -0.3 is 4.74 Å². The Labute approximate surface area is 158 Å². The molecule has 0 aliphatic rings. The number of halogens is 2. The molecule has 0 radical (unpaired) electrons. The van der Waals surface area contributed by atoms with Crippen LogP contribution in [0.15, 0.2) is 52.4 Å². The van der Waals surface area contributed by atoms with E-state index in [9.17, 15) is 9.18 Å². The molecule has 27 heavy (non-hydrogen) atoms. The number of para-hydroxylation sites is 1. The molecule has 0 fully saturated rings. The van der Waals surface area contributed by atoms with Crippen LogP contribution < -0.4 is 15.7 Å². The first kappa shape index (κ1) is 18.5. The highest BCUT2D eigenvalue weighted by atomic mass is 35.5. The summed E-state index contributed by atoms with van der Waals surface area (Å²) in [7, 11) is 0. The second-order valence-corrected chi connectivity index (χ2v) is 5.89. The maximum Gasteiger partial charge on any atom is 0.274 e. The van der Waals surface area contributed by atoms with Crippen molar-refractivity contribution in [1.29, 1.82) is 0 Å². The summed E-state index contributed by atoms with van der Waals surface area (Å²) >= 11 is 6.01. The van der Waals surface area contributed by atoms with Crippen LogP contribution in [-0.4, -0.2) is 21.4 Å². The maximum atomic E-state index is 13.9. The highest BCUT2D eigenvalue weighted by molar-refractivity contribution is 6.31. The van der Waals surface area contributed by atoms with Gasteiger partial charge in [-0.3, -0.25) is 9.78 Å². The number of rotatable bonds is 6. The average Bonchev–Trinajstić information content (AvgIpc) is 2.65. The van der Waals surface area contributed by atoms with E-state index in [4.69, 9.17) is 16.3 Å². The third-order valence-electron chi connectivity index (χ3n) is 3.59. The van der Waals surface area contributed by atoms with E-state index in [0.717, 1.165) is 0 Å². The van der Waals surface area contributed by atoms with E-state index in [0.29, 0.717) is 16.3 Å². The summed E-state index contributed by atoms with van der Waals surface area (Å²) in [6.45, 7) is 1.52. The monoisotopic (exact) mass is 387 g/mol. The lowest BCUT2D eigenvalue weighted by Gasteiger charge is -2.10. The molecule has 7 nitrogen and oxygen atoms in total. The third-order valence-corrected chi connectivity index (χ3v) is 3.94. The summed E-state index contributed by atoms with van der Waals surface area (Å²) in [5.74, 6) is 0.168. The van der Waals surface area contributed by atoms with Gasteiger partial charge in [-0.25, -0.2) is 9.82 Å². The number of aryl methyl sites for hydroxylation is 1. The van der Waals surface area contributed by atoms with Crippen molar-refractivity contribution in [2.75, 3.05) is 5.43 Å². The molecule has 0 unspecified atom stereocenters. The highest BCUT2D eigenvalue weighted by Gasteiger charge is 2.09. The van der Waals surface area contributed by atoms with E-state index in [-0.39, 0.29) is 29.4 Å². The number of ether oxygens (including phenoxy) is 1. The van der Waals surface area contributed by atoms with Crippen LogP contribution in [-0.2, 0) is 6.61 Å². The number of aromatic nitrogens is 3. The second-order valence-electron chi connectivity index (χ2n) is 5.48. The van der Waals surface area contributed by atoms with E-state index in [2.05, 4.69) is 25.7 Å². The van der Waals surface area contributed by atoms with Crippen molar-refractivity contribution in [1.82, 2.24) is 15.2 Å². The van der Waals surface area contributed by atoms with Crippen molar-refractivity contribution in [2.24, 2.45) is 5.10 Å². The number of hydrogen-bond acceptors (Lipinski definition) is 6. The number of benzene rings is 2. The first-order chi connectivity index (χ1) is 13.0. The molecule has 3 aromatic rings. The van der Waals surface area contributed by atoms with Gasteiger partial charge in [-0.15, -0.1) is 10.2 Å². The zero-order valence-corrected chi connectivity index (χ0v) is 15.0. The summed E-state index contributed by atoms with van der Waals surface area (Å²) in [6, 6.07) is 11.5. The zero-order valence-electron chi connectivity index (χ0n) is 14.2. The second kappa shape index (κ2) is 8.41. The molecule has 0 saturated carbocycles. The molecule has 0 aliphatic carbocycles. The average molecular weight is 388 g/mol.